The molecule has 1 atom stereocenters. The Bertz CT molecular complexity index is 950. The smallest absolute Gasteiger partial charge is 0.373 e. The first-order valence-electron chi connectivity index (χ1n) is 9.71. The lowest BCUT2D eigenvalue weighted by Crippen LogP contribution is -2.43. The molecule has 1 aliphatic carbocycles. The van der Waals surface area contributed by atoms with Crippen molar-refractivity contribution in [3.05, 3.63) is 58.5 Å². The predicted octanol–water partition coefficient (Wildman–Crippen LogP) is 2.98. The van der Waals surface area contributed by atoms with Crippen LogP contribution in [-0.4, -0.2) is 43.0 Å². The number of carbonyl (C=O) groups is 1. The first kappa shape index (κ1) is 23.5. The number of halogens is 3. The zero-order chi connectivity index (χ0) is 22.6. The SMILES string of the molecule is O=C(NO)C1CC=CC=C1S(=O)(=O)N1CCC(OCc2ccc(C(F)(F)F)cc2)CC1. The van der Waals surface area contributed by atoms with Crippen molar-refractivity contribution in [2.45, 2.75) is 38.1 Å². The molecule has 2 aliphatic rings. The van der Waals surface area contributed by atoms with E-state index in [9.17, 15) is 26.4 Å². The number of carbonyl (C=O) groups excluding carboxylic acids is 1. The molecule has 3 rings (SSSR count). The summed E-state index contributed by atoms with van der Waals surface area (Å²) in [5.41, 5.74) is 1.38. The Kier molecular flexibility index (Phi) is 7.20. The minimum Gasteiger partial charge on any atom is -0.373 e. The second-order valence-corrected chi connectivity index (χ2v) is 9.31. The first-order valence-corrected chi connectivity index (χ1v) is 11.2. The third-order valence-corrected chi connectivity index (χ3v) is 7.41. The van der Waals surface area contributed by atoms with Crippen molar-refractivity contribution >= 4 is 15.9 Å². The molecule has 0 spiro atoms. The number of allylic oxidation sites excluding steroid dienone is 3. The zero-order valence-electron chi connectivity index (χ0n) is 16.5. The summed E-state index contributed by atoms with van der Waals surface area (Å²) in [5, 5.41) is 8.89. The van der Waals surface area contributed by atoms with Crippen molar-refractivity contribution in [3.63, 3.8) is 0 Å². The molecule has 1 saturated heterocycles. The summed E-state index contributed by atoms with van der Waals surface area (Å²) in [5.74, 6) is -1.78. The van der Waals surface area contributed by atoms with Crippen LogP contribution in [0.15, 0.2) is 47.4 Å². The lowest BCUT2D eigenvalue weighted by atomic mass is 10.00. The summed E-state index contributed by atoms with van der Waals surface area (Å²) in [4.78, 5) is 11.8. The fourth-order valence-electron chi connectivity index (χ4n) is 3.58. The monoisotopic (exact) mass is 460 g/mol. The lowest BCUT2D eigenvalue weighted by Gasteiger charge is -2.33. The van der Waals surface area contributed by atoms with E-state index in [0.717, 1.165) is 12.1 Å². The van der Waals surface area contributed by atoms with Gasteiger partial charge in [0.15, 0.2) is 0 Å². The van der Waals surface area contributed by atoms with E-state index < -0.39 is 33.6 Å². The van der Waals surface area contributed by atoms with Gasteiger partial charge in [0.1, 0.15) is 0 Å². The van der Waals surface area contributed by atoms with E-state index in [1.807, 2.05) is 0 Å². The third kappa shape index (κ3) is 5.53. The molecule has 1 aromatic carbocycles. The van der Waals surface area contributed by atoms with E-state index >= 15 is 0 Å². The van der Waals surface area contributed by atoms with Crippen LogP contribution in [0.4, 0.5) is 13.2 Å². The van der Waals surface area contributed by atoms with Crippen LogP contribution in [0.5, 0.6) is 0 Å². The highest BCUT2D eigenvalue weighted by Crippen LogP contribution is 2.31. The number of benzene rings is 1. The molecule has 2 N–H and O–H groups in total. The van der Waals surface area contributed by atoms with Gasteiger partial charge in [-0.3, -0.25) is 10.0 Å². The van der Waals surface area contributed by atoms with Crippen molar-refractivity contribution in [3.8, 4) is 0 Å². The fraction of sp³-hybridized carbons (Fsp3) is 0.450. The molecule has 11 heteroatoms. The maximum Gasteiger partial charge on any atom is 0.416 e. The van der Waals surface area contributed by atoms with Crippen LogP contribution in [0.25, 0.3) is 0 Å². The molecule has 7 nitrogen and oxygen atoms in total. The molecular weight excluding hydrogens is 437 g/mol. The van der Waals surface area contributed by atoms with Gasteiger partial charge in [0, 0.05) is 13.1 Å². The molecule has 1 aliphatic heterocycles. The highest BCUT2D eigenvalue weighted by Gasteiger charge is 2.37. The molecule has 1 aromatic rings. The van der Waals surface area contributed by atoms with Gasteiger partial charge in [-0.2, -0.15) is 17.5 Å². The highest BCUT2D eigenvalue weighted by molar-refractivity contribution is 7.93. The molecule has 0 aromatic heterocycles. The van der Waals surface area contributed by atoms with Crippen LogP contribution < -0.4 is 5.48 Å². The summed E-state index contributed by atoms with van der Waals surface area (Å²) in [7, 11) is -3.89. The van der Waals surface area contributed by atoms with E-state index in [-0.39, 0.29) is 37.1 Å². The minimum atomic E-state index is -4.39. The van der Waals surface area contributed by atoms with E-state index in [0.29, 0.717) is 18.4 Å². The molecule has 1 fully saturated rings. The lowest BCUT2D eigenvalue weighted by molar-refractivity contribution is -0.137. The van der Waals surface area contributed by atoms with Gasteiger partial charge in [0.25, 0.3) is 5.91 Å². The number of nitrogens with zero attached hydrogens (tertiary/aromatic N) is 1. The van der Waals surface area contributed by atoms with Crippen LogP contribution in [0.1, 0.15) is 30.4 Å². The number of ether oxygens (including phenoxy) is 1. The summed E-state index contributed by atoms with van der Waals surface area (Å²) < 4.78 is 70.9. The number of amides is 1. The topological polar surface area (TPSA) is 95.9 Å². The Morgan fingerprint density at radius 1 is 1.19 bits per heavy atom. The van der Waals surface area contributed by atoms with Gasteiger partial charge in [-0.15, -0.1) is 0 Å². The summed E-state index contributed by atoms with van der Waals surface area (Å²) in [6.07, 6.45) is 0.966. The Morgan fingerprint density at radius 3 is 2.42 bits per heavy atom. The summed E-state index contributed by atoms with van der Waals surface area (Å²) in [6.45, 7) is 0.507. The second-order valence-electron chi connectivity index (χ2n) is 7.37. The van der Waals surface area contributed by atoms with Gasteiger partial charge in [-0.1, -0.05) is 24.3 Å². The number of hydrogen-bond acceptors (Lipinski definition) is 5. The zero-order valence-corrected chi connectivity index (χ0v) is 17.3. The maximum absolute atomic E-state index is 13.0. The van der Waals surface area contributed by atoms with Gasteiger partial charge in [-0.05, 0) is 43.0 Å². The number of sulfonamides is 1. The van der Waals surface area contributed by atoms with Crippen LogP contribution in [0.3, 0.4) is 0 Å². The van der Waals surface area contributed by atoms with Gasteiger partial charge >= 0.3 is 6.18 Å². The van der Waals surface area contributed by atoms with Gasteiger partial charge in [0.2, 0.25) is 10.0 Å². The number of piperidine rings is 1. The Balaban J connectivity index is 1.56. The Hall–Kier alpha value is -2.21. The van der Waals surface area contributed by atoms with Crippen molar-refractivity contribution in [2.75, 3.05) is 13.1 Å². The van der Waals surface area contributed by atoms with Crippen molar-refractivity contribution in [1.82, 2.24) is 9.79 Å². The largest absolute Gasteiger partial charge is 0.416 e. The van der Waals surface area contributed by atoms with E-state index in [1.54, 1.807) is 12.2 Å². The fourth-order valence-corrected chi connectivity index (χ4v) is 5.39. The molecule has 0 saturated carbocycles. The first-order chi connectivity index (χ1) is 14.6. The maximum atomic E-state index is 13.0. The molecule has 1 amide bonds. The van der Waals surface area contributed by atoms with Crippen molar-refractivity contribution in [2.24, 2.45) is 5.92 Å². The second kappa shape index (κ2) is 9.51. The predicted molar refractivity (Wildman–Crippen MR) is 105 cm³/mol. The van der Waals surface area contributed by atoms with Gasteiger partial charge in [0.05, 0.1) is 29.1 Å². The van der Waals surface area contributed by atoms with Crippen molar-refractivity contribution < 1.29 is 36.3 Å². The standard InChI is InChI=1S/C20H23F3N2O5S/c21-20(22,23)15-7-5-14(6-8-15)13-30-16-9-11-25(12-10-16)31(28,29)18-4-2-1-3-17(18)19(26)24-27/h1-2,4-8,16-17,27H,3,9-13H2,(H,24,26). The molecule has 31 heavy (non-hydrogen) atoms. The van der Waals surface area contributed by atoms with E-state index in [2.05, 4.69) is 0 Å². The number of nitrogens with one attached hydrogen (secondary N) is 1. The number of hydrogen-bond donors (Lipinski definition) is 2. The van der Waals surface area contributed by atoms with Crippen LogP contribution >= 0.6 is 0 Å². The number of alkyl halides is 3. The van der Waals surface area contributed by atoms with Gasteiger partial charge < -0.3 is 4.74 Å². The molecule has 1 unspecified atom stereocenters. The molecule has 0 bridgehead atoms. The Morgan fingerprint density at radius 2 is 1.84 bits per heavy atom. The highest BCUT2D eigenvalue weighted by atomic mass is 32.2. The number of hydroxylamine groups is 1. The van der Waals surface area contributed by atoms with Gasteiger partial charge in [-0.25, -0.2) is 13.9 Å². The van der Waals surface area contributed by atoms with Crippen molar-refractivity contribution in [1.29, 1.82) is 0 Å². The quantitative estimate of drug-likeness (QED) is 0.503. The Labute approximate surface area is 178 Å². The molecule has 1 heterocycles. The average molecular weight is 460 g/mol. The summed E-state index contributed by atoms with van der Waals surface area (Å²) in [6, 6.07) is 4.72. The van der Waals surface area contributed by atoms with Crippen LogP contribution in [0.2, 0.25) is 0 Å². The molecule has 170 valence electrons. The van der Waals surface area contributed by atoms with Crippen LogP contribution in [-0.2, 0) is 32.3 Å². The van der Waals surface area contributed by atoms with E-state index in [4.69, 9.17) is 9.94 Å². The third-order valence-electron chi connectivity index (χ3n) is 5.34. The normalized spacial score (nSPS) is 21.0. The minimum absolute atomic E-state index is 0.0642. The summed E-state index contributed by atoms with van der Waals surface area (Å²) >= 11 is 0. The number of rotatable bonds is 6. The van der Waals surface area contributed by atoms with Crippen LogP contribution in [0, 0.1) is 5.92 Å². The van der Waals surface area contributed by atoms with E-state index in [1.165, 1.54) is 28.0 Å². The average Bonchev–Trinajstić information content (AvgIpc) is 2.77. The molecular formula is C20H23F3N2O5S. The molecule has 0 radical (unpaired) electrons.